The van der Waals surface area contributed by atoms with Crippen LogP contribution in [-0.2, 0) is 0 Å². The van der Waals surface area contributed by atoms with E-state index in [1.165, 1.54) is 19.3 Å². The molecule has 1 nitrogen and oxygen atoms in total. The van der Waals surface area contributed by atoms with E-state index in [0.717, 1.165) is 23.7 Å². The molecule has 1 N–H and O–H groups in total. The van der Waals surface area contributed by atoms with Crippen LogP contribution in [0.5, 0.6) is 0 Å². The van der Waals surface area contributed by atoms with Crippen LogP contribution in [0.15, 0.2) is 0 Å². The molecule has 0 aromatic heterocycles. The van der Waals surface area contributed by atoms with Gasteiger partial charge in [0.25, 0.3) is 0 Å². The Balaban J connectivity index is 1.98. The van der Waals surface area contributed by atoms with Crippen molar-refractivity contribution >= 4 is 0 Å². The monoisotopic (exact) mass is 124 g/mol. The largest absolute Gasteiger partial charge is 0.393 e. The van der Waals surface area contributed by atoms with Gasteiger partial charge in [-0.3, -0.25) is 0 Å². The van der Waals surface area contributed by atoms with Gasteiger partial charge in [-0.05, 0) is 42.9 Å². The molecule has 0 amide bonds. The first-order valence-electron chi connectivity index (χ1n) is 4.04. The van der Waals surface area contributed by atoms with Crippen molar-refractivity contribution in [2.24, 2.45) is 23.7 Å². The van der Waals surface area contributed by atoms with Crippen molar-refractivity contribution in [1.29, 1.82) is 0 Å². The maximum absolute atomic E-state index is 9.42. The summed E-state index contributed by atoms with van der Waals surface area (Å²) in [6.45, 7) is 0. The highest BCUT2D eigenvalue weighted by molar-refractivity contribution is 5.09. The fourth-order valence-corrected chi connectivity index (χ4v) is 3.42. The summed E-state index contributed by atoms with van der Waals surface area (Å²) in [7, 11) is 0. The lowest BCUT2D eigenvalue weighted by atomic mass is 9.61. The molecule has 3 aliphatic rings. The first kappa shape index (κ1) is 4.73. The van der Waals surface area contributed by atoms with E-state index in [-0.39, 0.29) is 6.10 Å². The molecule has 1 heteroatoms. The van der Waals surface area contributed by atoms with Gasteiger partial charge in [0.1, 0.15) is 0 Å². The average molecular weight is 124 g/mol. The predicted molar refractivity (Wildman–Crippen MR) is 33.8 cm³/mol. The van der Waals surface area contributed by atoms with Crippen molar-refractivity contribution < 1.29 is 5.11 Å². The maximum Gasteiger partial charge on any atom is 0.0602 e. The summed E-state index contributed by atoms with van der Waals surface area (Å²) in [4.78, 5) is 0. The minimum atomic E-state index is 0.119. The Morgan fingerprint density at radius 3 is 1.78 bits per heavy atom. The lowest BCUT2D eigenvalue weighted by Crippen LogP contribution is -2.49. The first-order chi connectivity index (χ1) is 4.36. The summed E-state index contributed by atoms with van der Waals surface area (Å²) < 4.78 is 0. The maximum atomic E-state index is 9.42. The molecule has 2 bridgehead atoms. The molecule has 0 aromatic rings. The molecule has 3 rings (SSSR count). The van der Waals surface area contributed by atoms with Gasteiger partial charge in [-0.2, -0.15) is 0 Å². The number of hydrogen-bond donors (Lipinski definition) is 1. The smallest absolute Gasteiger partial charge is 0.0602 e. The van der Waals surface area contributed by atoms with Gasteiger partial charge >= 0.3 is 0 Å². The van der Waals surface area contributed by atoms with Gasteiger partial charge in [0, 0.05) is 0 Å². The molecule has 0 saturated heterocycles. The van der Waals surface area contributed by atoms with Gasteiger partial charge in [0.2, 0.25) is 0 Å². The van der Waals surface area contributed by atoms with Crippen molar-refractivity contribution in [2.75, 3.05) is 0 Å². The average Bonchev–Trinajstić information content (AvgIpc) is 2.40. The fourth-order valence-electron chi connectivity index (χ4n) is 3.42. The molecule has 3 fully saturated rings. The third-order valence-electron chi connectivity index (χ3n) is 3.79. The Morgan fingerprint density at radius 2 is 1.44 bits per heavy atom. The SMILES string of the molecule is OC1[C@H]2CC3CC2[C@H]1C3. The molecule has 0 radical (unpaired) electrons. The molecule has 3 aliphatic carbocycles. The summed E-state index contributed by atoms with van der Waals surface area (Å²) in [5, 5.41) is 9.42. The van der Waals surface area contributed by atoms with Crippen LogP contribution in [0, 0.1) is 23.7 Å². The topological polar surface area (TPSA) is 20.2 Å². The lowest BCUT2D eigenvalue weighted by Gasteiger charge is -2.47. The number of rotatable bonds is 0. The number of aliphatic hydroxyl groups is 1. The van der Waals surface area contributed by atoms with Crippen LogP contribution < -0.4 is 0 Å². The number of hydrogen-bond acceptors (Lipinski definition) is 1. The van der Waals surface area contributed by atoms with Crippen LogP contribution in [0.2, 0.25) is 0 Å². The normalized spacial score (nSPS) is 68.3. The second kappa shape index (κ2) is 1.20. The zero-order valence-electron chi connectivity index (χ0n) is 5.46. The minimum Gasteiger partial charge on any atom is -0.393 e. The number of fused-ring (bicyclic) bond motifs is 1. The van der Waals surface area contributed by atoms with Crippen molar-refractivity contribution in [3.63, 3.8) is 0 Å². The Kier molecular flexibility index (Phi) is 0.628. The molecule has 3 saturated carbocycles. The second-order valence-electron chi connectivity index (χ2n) is 4.06. The summed E-state index contributed by atoms with van der Waals surface area (Å²) in [6.07, 6.45) is 4.27. The predicted octanol–water partition coefficient (Wildman–Crippen LogP) is 1.02. The van der Waals surface area contributed by atoms with E-state index in [9.17, 15) is 5.11 Å². The Labute approximate surface area is 55.1 Å². The van der Waals surface area contributed by atoms with Crippen LogP contribution in [-0.4, -0.2) is 11.2 Å². The molecule has 3 unspecified atom stereocenters. The van der Waals surface area contributed by atoms with Gasteiger partial charge in [-0.1, -0.05) is 0 Å². The summed E-state index contributed by atoms with van der Waals surface area (Å²) in [5.74, 6) is 3.47. The van der Waals surface area contributed by atoms with E-state index in [2.05, 4.69) is 0 Å². The molecular weight excluding hydrogens is 112 g/mol. The zero-order chi connectivity index (χ0) is 6.01. The Hall–Kier alpha value is -0.0400. The van der Waals surface area contributed by atoms with Crippen LogP contribution >= 0.6 is 0 Å². The summed E-state index contributed by atoms with van der Waals surface area (Å²) in [6, 6.07) is 0. The van der Waals surface area contributed by atoms with Gasteiger partial charge in [-0.15, -0.1) is 0 Å². The van der Waals surface area contributed by atoms with Crippen LogP contribution in [0.4, 0.5) is 0 Å². The highest BCUT2D eigenvalue weighted by Gasteiger charge is 2.60. The Morgan fingerprint density at radius 1 is 0.889 bits per heavy atom. The molecule has 50 valence electrons. The zero-order valence-corrected chi connectivity index (χ0v) is 5.46. The van der Waals surface area contributed by atoms with Crippen LogP contribution in [0.1, 0.15) is 19.3 Å². The second-order valence-corrected chi connectivity index (χ2v) is 4.06. The van der Waals surface area contributed by atoms with E-state index in [1.54, 1.807) is 0 Å². The molecule has 0 aromatic carbocycles. The molecule has 0 heterocycles. The van der Waals surface area contributed by atoms with E-state index in [1.807, 2.05) is 0 Å². The van der Waals surface area contributed by atoms with Gasteiger partial charge in [-0.25, -0.2) is 0 Å². The first-order valence-corrected chi connectivity index (χ1v) is 4.04. The molecule has 0 spiro atoms. The van der Waals surface area contributed by atoms with E-state index in [0.29, 0.717) is 0 Å². The Bertz CT molecular complexity index is 141. The van der Waals surface area contributed by atoms with Gasteiger partial charge < -0.3 is 5.11 Å². The standard InChI is InChI=1S/C8H12O/c9-8-6-2-4-1-5(6)7(8)3-4/h4-9H,1-3H2/t4?,5?,6-,7+,8?. The van der Waals surface area contributed by atoms with Gasteiger partial charge in [0.15, 0.2) is 0 Å². The molecule has 5 atom stereocenters. The lowest BCUT2D eigenvalue weighted by molar-refractivity contribution is -0.0955. The molecule has 9 heavy (non-hydrogen) atoms. The van der Waals surface area contributed by atoms with E-state index in [4.69, 9.17) is 0 Å². The van der Waals surface area contributed by atoms with Crippen LogP contribution in [0.25, 0.3) is 0 Å². The van der Waals surface area contributed by atoms with E-state index < -0.39 is 0 Å². The quantitative estimate of drug-likeness (QED) is 0.511. The highest BCUT2D eigenvalue weighted by Crippen LogP contribution is 2.63. The molecular formula is C8H12O. The van der Waals surface area contributed by atoms with Crippen molar-refractivity contribution in [3.05, 3.63) is 0 Å². The summed E-state index contributed by atoms with van der Waals surface area (Å²) >= 11 is 0. The fraction of sp³-hybridized carbons (Fsp3) is 1.00. The minimum absolute atomic E-state index is 0.119. The van der Waals surface area contributed by atoms with Crippen molar-refractivity contribution in [3.8, 4) is 0 Å². The number of aliphatic hydroxyl groups excluding tert-OH is 1. The third-order valence-corrected chi connectivity index (χ3v) is 3.79. The highest BCUT2D eigenvalue weighted by atomic mass is 16.3. The van der Waals surface area contributed by atoms with E-state index >= 15 is 0 Å². The molecule has 0 aliphatic heterocycles. The van der Waals surface area contributed by atoms with Crippen molar-refractivity contribution in [1.82, 2.24) is 0 Å². The third kappa shape index (κ3) is 0.362. The van der Waals surface area contributed by atoms with Crippen LogP contribution in [0.3, 0.4) is 0 Å². The van der Waals surface area contributed by atoms with Gasteiger partial charge in [0.05, 0.1) is 6.10 Å². The van der Waals surface area contributed by atoms with Crippen molar-refractivity contribution in [2.45, 2.75) is 25.4 Å². The summed E-state index contributed by atoms with van der Waals surface area (Å²) in [5.41, 5.74) is 0.